The van der Waals surface area contributed by atoms with E-state index in [0.29, 0.717) is 0 Å². The maximum atomic E-state index is 2.29. The first-order valence-electron chi connectivity index (χ1n) is 6.28. The third kappa shape index (κ3) is 8.05. The summed E-state index contributed by atoms with van der Waals surface area (Å²) < 4.78 is 0. The van der Waals surface area contributed by atoms with Gasteiger partial charge in [-0.2, -0.15) is 0 Å². The fourth-order valence-corrected chi connectivity index (χ4v) is 1.53. The molecule has 0 fully saturated rings. The molecule has 0 nitrogen and oxygen atoms in total. The van der Waals surface area contributed by atoms with Gasteiger partial charge < -0.3 is 0 Å². The van der Waals surface area contributed by atoms with Crippen molar-refractivity contribution in [3.63, 3.8) is 0 Å². The highest BCUT2D eigenvalue weighted by atomic mass is 13.9. The van der Waals surface area contributed by atoms with Crippen LogP contribution in [-0.2, 0) is 0 Å². The fraction of sp³-hybridized carbons (Fsp3) is 0.375. The topological polar surface area (TPSA) is 0 Å². The Morgan fingerprint density at radius 3 is 1.00 bits per heavy atom. The summed E-state index contributed by atoms with van der Waals surface area (Å²) in [6, 6.07) is 0. The number of allylic oxidation sites excluding steroid dienone is 10. The van der Waals surface area contributed by atoms with Gasteiger partial charge in [0, 0.05) is 0 Å². The molecular formula is C16H22. The van der Waals surface area contributed by atoms with Crippen molar-refractivity contribution in [3.05, 3.63) is 60.8 Å². The van der Waals surface area contributed by atoms with Gasteiger partial charge in [0.05, 0.1) is 0 Å². The molecule has 0 heteroatoms. The average Bonchev–Trinajstić information content (AvgIpc) is 2.29. The first-order chi connectivity index (χ1) is 8.00. The van der Waals surface area contributed by atoms with Gasteiger partial charge >= 0.3 is 0 Å². The largest absolute Gasteiger partial charge is 0.0882 e. The molecule has 1 aliphatic rings. The summed E-state index contributed by atoms with van der Waals surface area (Å²) in [7, 11) is 0. The molecule has 0 aliphatic heterocycles. The van der Waals surface area contributed by atoms with Gasteiger partial charge in [-0.3, -0.25) is 0 Å². The maximum Gasteiger partial charge on any atom is -0.0313 e. The van der Waals surface area contributed by atoms with Crippen LogP contribution >= 0.6 is 0 Å². The lowest BCUT2D eigenvalue weighted by atomic mass is 10.2. The summed E-state index contributed by atoms with van der Waals surface area (Å²) in [6.45, 7) is 0. The molecule has 0 heterocycles. The van der Waals surface area contributed by atoms with Gasteiger partial charge in [0.15, 0.2) is 0 Å². The molecule has 0 aromatic rings. The molecule has 0 radical (unpaired) electrons. The second-order valence-corrected chi connectivity index (χ2v) is 3.92. The average molecular weight is 214 g/mol. The Morgan fingerprint density at radius 1 is 0.312 bits per heavy atom. The van der Waals surface area contributed by atoms with Crippen molar-refractivity contribution in [3.8, 4) is 0 Å². The monoisotopic (exact) mass is 214 g/mol. The molecule has 1 rings (SSSR count). The van der Waals surface area contributed by atoms with Gasteiger partial charge in [-0.15, -0.1) is 0 Å². The molecule has 0 aromatic carbocycles. The highest BCUT2D eigenvalue weighted by Gasteiger charge is 1.80. The first-order valence-corrected chi connectivity index (χ1v) is 6.28. The molecule has 86 valence electrons. The van der Waals surface area contributed by atoms with Crippen molar-refractivity contribution < 1.29 is 0 Å². The van der Waals surface area contributed by atoms with Crippen molar-refractivity contribution in [2.75, 3.05) is 0 Å². The van der Waals surface area contributed by atoms with Crippen molar-refractivity contribution >= 4 is 0 Å². The van der Waals surface area contributed by atoms with Gasteiger partial charge in [0.1, 0.15) is 0 Å². The lowest BCUT2D eigenvalue weighted by Gasteiger charge is -1.90. The number of hydrogen-bond acceptors (Lipinski definition) is 0. The normalized spacial score (nSPS) is 19.0. The molecule has 0 saturated heterocycles. The molecule has 0 unspecified atom stereocenters. The van der Waals surface area contributed by atoms with Crippen LogP contribution in [0.5, 0.6) is 0 Å². The van der Waals surface area contributed by atoms with Crippen molar-refractivity contribution in [2.45, 2.75) is 38.5 Å². The van der Waals surface area contributed by atoms with E-state index in [0.717, 1.165) is 25.7 Å². The first kappa shape index (κ1) is 12.8. The zero-order valence-electron chi connectivity index (χ0n) is 10.0. The van der Waals surface area contributed by atoms with E-state index in [4.69, 9.17) is 0 Å². The Balaban J connectivity index is 2.38. The minimum atomic E-state index is 1.14. The Kier molecular flexibility index (Phi) is 8.16. The third-order valence-corrected chi connectivity index (χ3v) is 2.44. The molecule has 0 atom stereocenters. The van der Waals surface area contributed by atoms with E-state index in [1.807, 2.05) is 0 Å². The second kappa shape index (κ2) is 10.2. The van der Waals surface area contributed by atoms with Crippen LogP contribution in [0.15, 0.2) is 60.8 Å². The summed E-state index contributed by atoms with van der Waals surface area (Å²) in [5.41, 5.74) is 0. The van der Waals surface area contributed by atoms with Crippen molar-refractivity contribution in [2.24, 2.45) is 0 Å². The van der Waals surface area contributed by atoms with E-state index in [-0.39, 0.29) is 0 Å². The Hall–Kier alpha value is -1.30. The summed E-state index contributed by atoms with van der Waals surface area (Å²) >= 11 is 0. The van der Waals surface area contributed by atoms with Crippen LogP contribution in [0.1, 0.15) is 38.5 Å². The van der Waals surface area contributed by atoms with E-state index < -0.39 is 0 Å². The summed E-state index contributed by atoms with van der Waals surface area (Å²) in [4.78, 5) is 0. The highest BCUT2D eigenvalue weighted by Crippen LogP contribution is 2.00. The van der Waals surface area contributed by atoms with Crippen molar-refractivity contribution in [1.29, 1.82) is 0 Å². The highest BCUT2D eigenvalue weighted by molar-refractivity contribution is 5.11. The van der Waals surface area contributed by atoms with E-state index in [1.54, 1.807) is 0 Å². The van der Waals surface area contributed by atoms with E-state index in [2.05, 4.69) is 60.8 Å². The second-order valence-electron chi connectivity index (χ2n) is 3.92. The zero-order valence-corrected chi connectivity index (χ0v) is 10.0. The molecule has 0 amide bonds. The van der Waals surface area contributed by atoms with Crippen LogP contribution in [-0.4, -0.2) is 0 Å². The molecule has 0 N–H and O–H groups in total. The molecule has 1 aliphatic carbocycles. The third-order valence-electron chi connectivity index (χ3n) is 2.44. The minimum absolute atomic E-state index is 1.14. The SMILES string of the molecule is C1=CC=CCCC=CCCC=CCCC=C1. The minimum Gasteiger partial charge on any atom is -0.0882 e. The number of hydrogen-bond donors (Lipinski definition) is 0. The van der Waals surface area contributed by atoms with Crippen LogP contribution in [0, 0.1) is 0 Å². The summed E-state index contributed by atoms with van der Waals surface area (Å²) in [5, 5.41) is 0. The van der Waals surface area contributed by atoms with Gasteiger partial charge in [0.25, 0.3) is 0 Å². The van der Waals surface area contributed by atoms with Gasteiger partial charge in [-0.1, -0.05) is 60.8 Å². The maximum absolute atomic E-state index is 2.29. The van der Waals surface area contributed by atoms with E-state index >= 15 is 0 Å². The lowest BCUT2D eigenvalue weighted by molar-refractivity contribution is 0.986. The van der Waals surface area contributed by atoms with Gasteiger partial charge in [-0.25, -0.2) is 0 Å². The van der Waals surface area contributed by atoms with Gasteiger partial charge in [0.2, 0.25) is 0 Å². The van der Waals surface area contributed by atoms with Crippen molar-refractivity contribution in [1.82, 2.24) is 0 Å². The van der Waals surface area contributed by atoms with Crippen LogP contribution < -0.4 is 0 Å². The Morgan fingerprint density at radius 2 is 0.625 bits per heavy atom. The predicted molar refractivity (Wildman–Crippen MR) is 73.4 cm³/mol. The predicted octanol–water partition coefficient (Wildman–Crippen LogP) is 5.12. The van der Waals surface area contributed by atoms with Crippen LogP contribution in [0.2, 0.25) is 0 Å². The molecule has 16 heavy (non-hydrogen) atoms. The fourth-order valence-electron chi connectivity index (χ4n) is 1.53. The zero-order chi connectivity index (χ0) is 11.3. The lowest BCUT2D eigenvalue weighted by Crippen LogP contribution is -1.69. The number of rotatable bonds is 0. The quantitative estimate of drug-likeness (QED) is 0.491. The van der Waals surface area contributed by atoms with Crippen LogP contribution in [0.25, 0.3) is 0 Å². The molecular weight excluding hydrogens is 192 g/mol. The summed E-state index contributed by atoms with van der Waals surface area (Å²) in [5.74, 6) is 0. The molecule has 0 aromatic heterocycles. The summed E-state index contributed by atoms with van der Waals surface area (Å²) in [6.07, 6.45) is 29.0. The Labute approximate surface area is 99.8 Å². The molecule has 0 saturated carbocycles. The standard InChI is InChI=1S/C16H22/c1-2-4-6-8-10-12-14-16-15-13-11-9-7-5-3-1/h1-6,11-14H,7-10,15-16H2. The van der Waals surface area contributed by atoms with Crippen LogP contribution in [0.3, 0.4) is 0 Å². The molecule has 0 bridgehead atoms. The van der Waals surface area contributed by atoms with E-state index in [1.165, 1.54) is 12.8 Å². The van der Waals surface area contributed by atoms with E-state index in [9.17, 15) is 0 Å². The van der Waals surface area contributed by atoms with Crippen LogP contribution in [0.4, 0.5) is 0 Å². The Bertz CT molecular complexity index is 257. The van der Waals surface area contributed by atoms with Gasteiger partial charge in [-0.05, 0) is 38.5 Å². The smallest absolute Gasteiger partial charge is 0.0313 e. The molecule has 0 spiro atoms.